The first-order chi connectivity index (χ1) is 8.31. The molecule has 0 heterocycles. The van der Waals surface area contributed by atoms with Crippen LogP contribution in [0, 0.1) is 11.3 Å². The topological polar surface area (TPSA) is 57.6 Å². The smallest absolute Gasteiger partial charge is 0.329 e. The van der Waals surface area contributed by atoms with Crippen molar-refractivity contribution in [2.24, 2.45) is 11.3 Å². The molecule has 0 bridgehead atoms. The van der Waals surface area contributed by atoms with Crippen molar-refractivity contribution in [2.45, 2.75) is 64.5 Å². The average molecular weight is 253 g/mol. The molecule has 1 N–H and O–H groups in total. The highest BCUT2D eigenvalue weighted by Gasteiger charge is 2.54. The molecule has 0 saturated heterocycles. The van der Waals surface area contributed by atoms with Gasteiger partial charge in [0, 0.05) is 6.04 Å². The fourth-order valence-electron chi connectivity index (χ4n) is 3.89. The maximum atomic E-state index is 11.8. The molecule has 2 atom stereocenters. The van der Waals surface area contributed by atoms with Crippen molar-refractivity contribution < 1.29 is 14.7 Å². The molecule has 0 radical (unpaired) electrons. The van der Waals surface area contributed by atoms with Gasteiger partial charge in [0.25, 0.3) is 0 Å². The highest BCUT2D eigenvalue weighted by molar-refractivity contribution is 5.82. The first kappa shape index (κ1) is 13.4. The number of nitrogens with zero attached hydrogens (tertiary/aromatic N) is 1. The summed E-state index contributed by atoms with van der Waals surface area (Å²) in [6.45, 7) is 6.31. The van der Waals surface area contributed by atoms with Gasteiger partial charge in [0.2, 0.25) is 6.41 Å². The van der Waals surface area contributed by atoms with Crippen LogP contribution < -0.4 is 0 Å². The molecule has 18 heavy (non-hydrogen) atoms. The number of rotatable bonds is 4. The third-order valence-corrected chi connectivity index (χ3v) is 4.30. The Morgan fingerprint density at radius 1 is 1.33 bits per heavy atom. The second kappa shape index (κ2) is 4.25. The molecule has 4 nitrogen and oxygen atoms in total. The maximum absolute atomic E-state index is 11.8. The molecule has 4 heteroatoms. The Labute approximate surface area is 108 Å². The number of carboxylic acids is 1. The first-order valence-corrected chi connectivity index (χ1v) is 6.78. The molecule has 102 valence electrons. The van der Waals surface area contributed by atoms with Crippen molar-refractivity contribution in [3.05, 3.63) is 0 Å². The molecule has 0 spiro atoms. The van der Waals surface area contributed by atoms with Gasteiger partial charge in [0.1, 0.15) is 5.54 Å². The number of hydrogen-bond acceptors (Lipinski definition) is 2. The van der Waals surface area contributed by atoms with Gasteiger partial charge in [-0.05, 0) is 43.4 Å². The summed E-state index contributed by atoms with van der Waals surface area (Å²) in [6.07, 6.45) is 4.83. The number of carbonyl (C=O) groups is 2. The lowest BCUT2D eigenvalue weighted by atomic mass is 9.63. The number of aliphatic carboxylic acids is 1. The molecule has 2 unspecified atom stereocenters. The molecule has 0 aromatic rings. The van der Waals surface area contributed by atoms with E-state index < -0.39 is 11.5 Å². The van der Waals surface area contributed by atoms with E-state index in [0.717, 1.165) is 25.7 Å². The van der Waals surface area contributed by atoms with E-state index in [9.17, 15) is 14.7 Å². The quantitative estimate of drug-likeness (QED) is 0.782. The fraction of sp³-hybridized carbons (Fsp3) is 0.857. The average Bonchev–Trinajstić information content (AvgIpc) is 2.99. The molecule has 0 aliphatic heterocycles. The summed E-state index contributed by atoms with van der Waals surface area (Å²) in [6, 6.07) is 0.152. The Kier molecular flexibility index (Phi) is 3.16. The van der Waals surface area contributed by atoms with Crippen LogP contribution in [0.1, 0.15) is 52.9 Å². The van der Waals surface area contributed by atoms with E-state index in [1.54, 1.807) is 4.90 Å². The first-order valence-electron chi connectivity index (χ1n) is 6.78. The van der Waals surface area contributed by atoms with Crippen molar-refractivity contribution in [2.75, 3.05) is 0 Å². The second-order valence-electron chi connectivity index (χ2n) is 6.94. The number of amides is 1. The summed E-state index contributed by atoms with van der Waals surface area (Å²) in [4.78, 5) is 24.8. The van der Waals surface area contributed by atoms with E-state index in [0.29, 0.717) is 18.8 Å². The standard InChI is InChI=1S/C14H23NO3/c1-10-6-13(2,3)8-14(7-10,12(17)18)15(9-16)11-4-5-11/h9-11H,4-8H2,1-3H3,(H,17,18). The Morgan fingerprint density at radius 3 is 2.33 bits per heavy atom. The van der Waals surface area contributed by atoms with Crippen LogP contribution in [0.2, 0.25) is 0 Å². The minimum atomic E-state index is -0.982. The number of hydrogen-bond donors (Lipinski definition) is 1. The molecular weight excluding hydrogens is 230 g/mol. The summed E-state index contributed by atoms with van der Waals surface area (Å²) in [5, 5.41) is 9.72. The summed E-state index contributed by atoms with van der Waals surface area (Å²) in [5.74, 6) is -0.493. The molecule has 2 aliphatic rings. The zero-order valence-electron chi connectivity index (χ0n) is 11.5. The lowest BCUT2D eigenvalue weighted by Crippen LogP contribution is -2.60. The van der Waals surface area contributed by atoms with Gasteiger partial charge in [-0.1, -0.05) is 20.8 Å². The fourth-order valence-corrected chi connectivity index (χ4v) is 3.89. The Balaban J connectivity index is 2.36. The Bertz CT molecular complexity index is 362. The van der Waals surface area contributed by atoms with Crippen LogP contribution in [0.15, 0.2) is 0 Å². The predicted molar refractivity (Wildman–Crippen MR) is 68.1 cm³/mol. The molecule has 2 aliphatic carbocycles. The van der Waals surface area contributed by atoms with E-state index >= 15 is 0 Å². The maximum Gasteiger partial charge on any atom is 0.329 e. The van der Waals surface area contributed by atoms with Crippen LogP contribution in [0.5, 0.6) is 0 Å². The van der Waals surface area contributed by atoms with Crippen molar-refractivity contribution in [3.8, 4) is 0 Å². The minimum Gasteiger partial charge on any atom is -0.479 e. The van der Waals surface area contributed by atoms with Crippen molar-refractivity contribution in [1.29, 1.82) is 0 Å². The van der Waals surface area contributed by atoms with Gasteiger partial charge in [-0.25, -0.2) is 4.79 Å². The van der Waals surface area contributed by atoms with Crippen molar-refractivity contribution in [3.63, 3.8) is 0 Å². The molecule has 0 aromatic carbocycles. The second-order valence-corrected chi connectivity index (χ2v) is 6.94. The number of carbonyl (C=O) groups excluding carboxylic acids is 1. The molecule has 1 amide bonds. The Hall–Kier alpha value is -1.06. The summed E-state index contributed by atoms with van der Waals surface area (Å²) in [5.41, 5.74) is -1.00. The minimum absolute atomic E-state index is 0.0216. The van der Waals surface area contributed by atoms with Crippen LogP contribution in [-0.2, 0) is 9.59 Å². The zero-order chi connectivity index (χ0) is 13.6. The van der Waals surface area contributed by atoms with E-state index in [-0.39, 0.29) is 11.5 Å². The van der Waals surface area contributed by atoms with Crippen LogP contribution >= 0.6 is 0 Å². The third-order valence-electron chi connectivity index (χ3n) is 4.30. The van der Waals surface area contributed by atoms with Crippen LogP contribution in [0.25, 0.3) is 0 Å². The highest BCUT2D eigenvalue weighted by atomic mass is 16.4. The molecule has 2 rings (SSSR count). The lowest BCUT2D eigenvalue weighted by molar-refractivity contribution is -0.163. The van der Waals surface area contributed by atoms with E-state index in [2.05, 4.69) is 20.8 Å². The highest BCUT2D eigenvalue weighted by Crippen LogP contribution is 2.48. The molecular formula is C14H23NO3. The van der Waals surface area contributed by atoms with E-state index in [1.165, 1.54) is 0 Å². The van der Waals surface area contributed by atoms with Crippen LogP contribution in [-0.4, -0.2) is 34.0 Å². The van der Waals surface area contributed by atoms with Crippen molar-refractivity contribution >= 4 is 12.4 Å². The van der Waals surface area contributed by atoms with Gasteiger partial charge in [-0.15, -0.1) is 0 Å². The predicted octanol–water partition coefficient (Wildman–Crippen LogP) is 2.28. The molecule has 0 aromatic heterocycles. The van der Waals surface area contributed by atoms with Gasteiger partial charge < -0.3 is 10.0 Å². The zero-order valence-corrected chi connectivity index (χ0v) is 11.5. The lowest BCUT2D eigenvalue weighted by Gasteiger charge is -2.49. The monoisotopic (exact) mass is 253 g/mol. The van der Waals surface area contributed by atoms with E-state index in [4.69, 9.17) is 0 Å². The Morgan fingerprint density at radius 2 is 1.94 bits per heavy atom. The summed E-state index contributed by atoms with van der Waals surface area (Å²) >= 11 is 0. The normalized spacial score (nSPS) is 34.9. The van der Waals surface area contributed by atoms with Crippen LogP contribution in [0.3, 0.4) is 0 Å². The molecule has 2 fully saturated rings. The number of carboxylic acid groups (broad SMARTS) is 1. The van der Waals surface area contributed by atoms with E-state index in [1.807, 2.05) is 0 Å². The molecule has 2 saturated carbocycles. The van der Waals surface area contributed by atoms with Crippen LogP contribution in [0.4, 0.5) is 0 Å². The van der Waals surface area contributed by atoms with Gasteiger partial charge in [0.15, 0.2) is 0 Å². The third kappa shape index (κ3) is 2.25. The van der Waals surface area contributed by atoms with Gasteiger partial charge >= 0.3 is 5.97 Å². The SMILES string of the molecule is CC1CC(C)(C)CC(C(=O)O)(N(C=O)C2CC2)C1. The van der Waals surface area contributed by atoms with Gasteiger partial charge in [-0.2, -0.15) is 0 Å². The van der Waals surface area contributed by atoms with Gasteiger partial charge in [0.05, 0.1) is 0 Å². The summed E-state index contributed by atoms with van der Waals surface area (Å²) in [7, 11) is 0. The van der Waals surface area contributed by atoms with Gasteiger partial charge in [-0.3, -0.25) is 4.79 Å². The largest absolute Gasteiger partial charge is 0.479 e. The summed E-state index contributed by atoms with van der Waals surface area (Å²) < 4.78 is 0. The van der Waals surface area contributed by atoms with Crippen molar-refractivity contribution in [1.82, 2.24) is 4.90 Å².